The van der Waals surface area contributed by atoms with Gasteiger partial charge < -0.3 is 15.1 Å². The number of rotatable bonds is 4. The second-order valence-corrected chi connectivity index (χ2v) is 5.91. The minimum Gasteiger partial charge on any atom is -0.364 e. The first-order chi connectivity index (χ1) is 10.9. The van der Waals surface area contributed by atoms with Crippen LogP contribution in [0.4, 0.5) is 5.69 Å². The summed E-state index contributed by atoms with van der Waals surface area (Å²) in [5.74, 6) is 1.06. The predicted molar refractivity (Wildman–Crippen MR) is 93.4 cm³/mol. The molecular weight excluding hydrogens is 272 g/mol. The molecule has 0 atom stereocenters. The Hall–Kier alpha value is -1.97. The maximum Gasteiger partial charge on any atom is 0.194 e. The van der Waals surface area contributed by atoms with Gasteiger partial charge in [-0.1, -0.05) is 24.3 Å². The molecule has 0 amide bonds. The maximum absolute atomic E-state index is 4.83. The summed E-state index contributed by atoms with van der Waals surface area (Å²) in [6.07, 6.45) is 7.01. The third-order valence-electron chi connectivity index (χ3n) is 4.25. The zero-order valence-electron chi connectivity index (χ0n) is 13.5. The predicted octanol–water partition coefficient (Wildman–Crippen LogP) is 2.62. The van der Waals surface area contributed by atoms with Gasteiger partial charge in [0.1, 0.15) is 0 Å². The van der Waals surface area contributed by atoms with Crippen molar-refractivity contribution in [1.82, 2.24) is 10.2 Å². The van der Waals surface area contributed by atoms with Gasteiger partial charge in [-0.2, -0.15) is 0 Å². The fourth-order valence-corrected chi connectivity index (χ4v) is 3.06. The molecular formula is C18H26N4. The Morgan fingerprint density at radius 1 is 1.18 bits per heavy atom. The Bertz CT molecular complexity index is 536. The van der Waals surface area contributed by atoms with Crippen molar-refractivity contribution in [3.05, 3.63) is 42.0 Å². The second-order valence-electron chi connectivity index (χ2n) is 5.91. The first-order valence-corrected chi connectivity index (χ1v) is 8.39. The van der Waals surface area contributed by atoms with E-state index in [-0.39, 0.29) is 0 Å². The quantitative estimate of drug-likeness (QED) is 0.527. The van der Waals surface area contributed by atoms with E-state index in [1.54, 1.807) is 0 Å². The molecule has 3 rings (SSSR count). The number of nitrogens with zero attached hydrogens (tertiary/aromatic N) is 3. The molecule has 0 radical (unpaired) electrons. The molecule has 1 aromatic carbocycles. The molecule has 0 bridgehead atoms. The monoisotopic (exact) mass is 298 g/mol. The molecule has 22 heavy (non-hydrogen) atoms. The van der Waals surface area contributed by atoms with Crippen molar-refractivity contribution in [2.75, 3.05) is 37.6 Å². The number of guanidine groups is 1. The zero-order chi connectivity index (χ0) is 15.2. The lowest BCUT2D eigenvalue weighted by Gasteiger charge is -2.21. The molecule has 1 fully saturated rings. The van der Waals surface area contributed by atoms with Crippen LogP contribution in [0.25, 0.3) is 0 Å². The second kappa shape index (κ2) is 7.34. The average Bonchev–Trinajstić information content (AvgIpc) is 3.24. The largest absolute Gasteiger partial charge is 0.364 e. The average molecular weight is 298 g/mol. The third-order valence-corrected chi connectivity index (χ3v) is 4.25. The number of benzene rings is 1. The van der Waals surface area contributed by atoms with Crippen molar-refractivity contribution in [2.45, 2.75) is 26.3 Å². The highest BCUT2D eigenvalue weighted by molar-refractivity contribution is 5.80. The van der Waals surface area contributed by atoms with Gasteiger partial charge in [0.2, 0.25) is 0 Å². The molecule has 2 aliphatic rings. The van der Waals surface area contributed by atoms with Crippen LogP contribution in [0.1, 0.15) is 25.3 Å². The van der Waals surface area contributed by atoms with Crippen LogP contribution in [0, 0.1) is 0 Å². The molecule has 0 aliphatic carbocycles. The Balaban J connectivity index is 1.68. The van der Waals surface area contributed by atoms with Crippen LogP contribution in [0.2, 0.25) is 0 Å². The van der Waals surface area contributed by atoms with Crippen molar-refractivity contribution in [2.24, 2.45) is 4.99 Å². The molecule has 1 N–H and O–H groups in total. The molecule has 118 valence electrons. The number of likely N-dealkylation sites (tertiary alicyclic amines) is 1. The number of aliphatic imine (C=N–C) groups is 1. The lowest BCUT2D eigenvalue weighted by Crippen LogP contribution is -2.39. The first kappa shape index (κ1) is 14.9. The lowest BCUT2D eigenvalue weighted by atomic mass is 10.2. The Morgan fingerprint density at radius 3 is 2.68 bits per heavy atom. The van der Waals surface area contributed by atoms with E-state index in [1.807, 2.05) is 0 Å². The molecule has 0 unspecified atom stereocenters. The standard InChI is InChI=1S/C18H26N4/c1-2-19-18(22-12-5-6-13-22)20-15-16-8-7-9-17(14-16)21-10-3-4-11-21/h3-4,7-9,14H,2,5-6,10-13,15H2,1H3,(H,19,20). The van der Waals surface area contributed by atoms with Crippen molar-refractivity contribution in [3.63, 3.8) is 0 Å². The summed E-state index contributed by atoms with van der Waals surface area (Å²) in [4.78, 5) is 9.58. The molecule has 0 spiro atoms. The Labute approximate surface area is 133 Å². The van der Waals surface area contributed by atoms with Crippen molar-refractivity contribution in [3.8, 4) is 0 Å². The van der Waals surface area contributed by atoms with Crippen molar-refractivity contribution >= 4 is 11.6 Å². The smallest absolute Gasteiger partial charge is 0.194 e. The minimum absolute atomic E-state index is 0.744. The van der Waals surface area contributed by atoms with Crippen LogP contribution >= 0.6 is 0 Å². The summed E-state index contributed by atoms with van der Waals surface area (Å²) in [6.45, 7) is 8.10. The maximum atomic E-state index is 4.83. The number of nitrogens with one attached hydrogen (secondary N) is 1. The number of hydrogen-bond donors (Lipinski definition) is 1. The summed E-state index contributed by atoms with van der Waals surface area (Å²) >= 11 is 0. The molecule has 0 saturated carbocycles. The minimum atomic E-state index is 0.744. The molecule has 1 aromatic rings. The molecule has 4 nitrogen and oxygen atoms in total. The fourth-order valence-electron chi connectivity index (χ4n) is 3.06. The van der Waals surface area contributed by atoms with Gasteiger partial charge in [0, 0.05) is 38.4 Å². The van der Waals surface area contributed by atoms with E-state index in [0.29, 0.717) is 0 Å². The highest BCUT2D eigenvalue weighted by Crippen LogP contribution is 2.19. The molecule has 0 aromatic heterocycles. The molecule has 1 saturated heterocycles. The van der Waals surface area contributed by atoms with E-state index in [1.165, 1.54) is 24.1 Å². The lowest BCUT2D eigenvalue weighted by molar-refractivity contribution is 0.493. The SMILES string of the molecule is CCNC(=NCc1cccc(N2CC=CC2)c1)N1CCCC1. The van der Waals surface area contributed by atoms with Gasteiger partial charge in [-0.15, -0.1) is 0 Å². The Morgan fingerprint density at radius 2 is 1.95 bits per heavy atom. The van der Waals surface area contributed by atoms with Crippen LogP contribution in [0.5, 0.6) is 0 Å². The van der Waals surface area contributed by atoms with Gasteiger partial charge in [0.25, 0.3) is 0 Å². The van der Waals surface area contributed by atoms with Crippen LogP contribution in [0.15, 0.2) is 41.4 Å². The summed E-state index contributed by atoms with van der Waals surface area (Å²) in [6, 6.07) is 8.77. The van der Waals surface area contributed by atoms with E-state index in [4.69, 9.17) is 4.99 Å². The van der Waals surface area contributed by atoms with Crippen LogP contribution in [-0.2, 0) is 6.54 Å². The van der Waals surface area contributed by atoms with Crippen LogP contribution in [-0.4, -0.2) is 43.6 Å². The van der Waals surface area contributed by atoms with Crippen molar-refractivity contribution < 1.29 is 0 Å². The van der Waals surface area contributed by atoms with Gasteiger partial charge in [-0.3, -0.25) is 0 Å². The molecule has 4 heteroatoms. The van der Waals surface area contributed by atoms with E-state index in [0.717, 1.165) is 45.2 Å². The van der Waals surface area contributed by atoms with Gasteiger partial charge in [-0.25, -0.2) is 4.99 Å². The summed E-state index contributed by atoms with van der Waals surface area (Å²) in [5.41, 5.74) is 2.57. The first-order valence-electron chi connectivity index (χ1n) is 8.39. The van der Waals surface area contributed by atoms with E-state index < -0.39 is 0 Å². The van der Waals surface area contributed by atoms with Gasteiger partial charge in [0.05, 0.1) is 6.54 Å². The van der Waals surface area contributed by atoms with E-state index in [2.05, 4.69) is 58.5 Å². The van der Waals surface area contributed by atoms with Crippen molar-refractivity contribution in [1.29, 1.82) is 0 Å². The van der Waals surface area contributed by atoms with Gasteiger partial charge >= 0.3 is 0 Å². The highest BCUT2D eigenvalue weighted by Gasteiger charge is 2.15. The fraction of sp³-hybridized carbons (Fsp3) is 0.500. The van der Waals surface area contributed by atoms with Crippen LogP contribution < -0.4 is 10.2 Å². The topological polar surface area (TPSA) is 30.9 Å². The van der Waals surface area contributed by atoms with Gasteiger partial charge in [0.15, 0.2) is 5.96 Å². The molecule has 2 heterocycles. The molecule has 2 aliphatic heterocycles. The highest BCUT2D eigenvalue weighted by atomic mass is 15.3. The van der Waals surface area contributed by atoms with Crippen LogP contribution in [0.3, 0.4) is 0 Å². The zero-order valence-corrected chi connectivity index (χ0v) is 13.5. The summed E-state index contributed by atoms with van der Waals surface area (Å²) < 4.78 is 0. The number of anilines is 1. The Kier molecular flexibility index (Phi) is 4.99. The van der Waals surface area contributed by atoms with E-state index in [9.17, 15) is 0 Å². The number of hydrogen-bond acceptors (Lipinski definition) is 2. The summed E-state index contributed by atoms with van der Waals surface area (Å²) in [7, 11) is 0. The van der Waals surface area contributed by atoms with Gasteiger partial charge in [-0.05, 0) is 37.5 Å². The summed E-state index contributed by atoms with van der Waals surface area (Å²) in [5, 5.41) is 3.42. The normalized spacial score (nSPS) is 18.3. The third kappa shape index (κ3) is 3.62. The van der Waals surface area contributed by atoms with E-state index >= 15 is 0 Å².